The van der Waals surface area contributed by atoms with Crippen LogP contribution in [0.3, 0.4) is 0 Å². The van der Waals surface area contributed by atoms with E-state index in [2.05, 4.69) is 22.2 Å². The molecule has 0 aromatic carbocycles. The number of hydrogen-bond acceptors (Lipinski definition) is 5. The van der Waals surface area contributed by atoms with Gasteiger partial charge in [-0.1, -0.05) is 0 Å². The van der Waals surface area contributed by atoms with Gasteiger partial charge < -0.3 is 20.0 Å². The Balaban J connectivity index is 1.82. The Hall–Kier alpha value is -1.34. The van der Waals surface area contributed by atoms with Gasteiger partial charge >= 0.3 is 6.03 Å². The molecule has 0 unspecified atom stereocenters. The van der Waals surface area contributed by atoms with E-state index in [4.69, 9.17) is 0 Å². The molecule has 6 nitrogen and oxygen atoms in total. The normalized spacial score (nSPS) is 19.1. The van der Waals surface area contributed by atoms with E-state index in [9.17, 15) is 4.79 Å². The molecular weight excluding hydrogens is 274 g/mol. The fraction of sp³-hybridized carbons (Fsp3) is 0.692. The van der Waals surface area contributed by atoms with Crippen LogP contribution in [0.2, 0.25) is 0 Å². The molecule has 112 valence electrons. The smallest absolute Gasteiger partial charge is 0.317 e. The van der Waals surface area contributed by atoms with Gasteiger partial charge in [0.1, 0.15) is 0 Å². The number of likely N-dealkylation sites (tertiary alicyclic amines) is 1. The first-order valence-electron chi connectivity index (χ1n) is 6.78. The number of hydrogen-bond donors (Lipinski definition) is 1. The lowest BCUT2D eigenvalue weighted by Gasteiger charge is -2.24. The lowest BCUT2D eigenvalue weighted by molar-refractivity contribution is 0.190. The predicted octanol–water partition coefficient (Wildman–Crippen LogP) is 1.05. The molecule has 1 aliphatic heterocycles. The molecule has 2 rings (SSSR count). The van der Waals surface area contributed by atoms with Gasteiger partial charge in [0, 0.05) is 39.1 Å². The standard InChI is InChI=1S/C13H23N5OS/c1-16(2)13-15-10(9-20-13)7-14-12(19)18(4)11-5-6-17(3)8-11/h9,11H,5-8H2,1-4H3,(H,14,19)/t11-/m1/s1. The fourth-order valence-corrected chi connectivity index (χ4v) is 3.03. The van der Waals surface area contributed by atoms with Crippen molar-refractivity contribution in [2.75, 3.05) is 46.2 Å². The highest BCUT2D eigenvalue weighted by atomic mass is 32.1. The quantitative estimate of drug-likeness (QED) is 0.903. The van der Waals surface area contributed by atoms with Crippen molar-refractivity contribution in [3.63, 3.8) is 0 Å². The van der Waals surface area contributed by atoms with Crippen LogP contribution in [0.4, 0.5) is 9.93 Å². The highest BCUT2D eigenvalue weighted by Gasteiger charge is 2.26. The minimum Gasteiger partial charge on any atom is -0.354 e. The summed E-state index contributed by atoms with van der Waals surface area (Å²) in [6, 6.07) is 0.289. The lowest BCUT2D eigenvalue weighted by Crippen LogP contribution is -2.44. The van der Waals surface area contributed by atoms with Gasteiger partial charge in [-0.25, -0.2) is 9.78 Å². The number of aromatic nitrogens is 1. The summed E-state index contributed by atoms with van der Waals surface area (Å²) in [6.45, 7) is 2.49. The second-order valence-corrected chi connectivity index (χ2v) is 6.33. The number of carbonyl (C=O) groups excluding carboxylic acids is 1. The third kappa shape index (κ3) is 3.61. The number of carbonyl (C=O) groups is 1. The molecule has 1 aromatic rings. The number of nitrogens with one attached hydrogen (secondary N) is 1. The Morgan fingerprint density at radius 3 is 2.85 bits per heavy atom. The molecule has 0 aliphatic carbocycles. The average molecular weight is 297 g/mol. The molecule has 0 bridgehead atoms. The van der Waals surface area contributed by atoms with Gasteiger partial charge in [0.2, 0.25) is 0 Å². The summed E-state index contributed by atoms with van der Waals surface area (Å²) < 4.78 is 0. The zero-order valence-corrected chi connectivity index (χ0v) is 13.4. The van der Waals surface area contributed by atoms with Gasteiger partial charge in [0.25, 0.3) is 0 Å². The van der Waals surface area contributed by atoms with Gasteiger partial charge in [-0.15, -0.1) is 11.3 Å². The van der Waals surface area contributed by atoms with Crippen molar-refractivity contribution < 1.29 is 4.79 Å². The third-order valence-electron chi connectivity index (χ3n) is 3.58. The summed E-state index contributed by atoms with van der Waals surface area (Å²) in [7, 11) is 7.88. The van der Waals surface area contributed by atoms with Crippen LogP contribution in [0.25, 0.3) is 0 Å². The number of thiazole rings is 1. The minimum absolute atomic E-state index is 0.0234. The van der Waals surface area contributed by atoms with Crippen molar-refractivity contribution in [3.8, 4) is 0 Å². The molecule has 2 heterocycles. The van der Waals surface area contributed by atoms with E-state index in [1.807, 2.05) is 36.3 Å². The van der Waals surface area contributed by atoms with Crippen molar-refractivity contribution in [1.29, 1.82) is 0 Å². The van der Waals surface area contributed by atoms with Crippen molar-refractivity contribution >= 4 is 22.5 Å². The van der Waals surface area contributed by atoms with Crippen LogP contribution in [-0.2, 0) is 6.54 Å². The van der Waals surface area contributed by atoms with Crippen molar-refractivity contribution in [1.82, 2.24) is 20.1 Å². The fourth-order valence-electron chi connectivity index (χ4n) is 2.27. The number of urea groups is 1. The molecule has 1 aliphatic rings. The largest absolute Gasteiger partial charge is 0.354 e. The Bertz CT molecular complexity index is 461. The zero-order chi connectivity index (χ0) is 14.7. The van der Waals surface area contributed by atoms with Crippen LogP contribution in [0, 0.1) is 0 Å². The van der Waals surface area contributed by atoms with Crippen LogP contribution in [0.15, 0.2) is 5.38 Å². The summed E-state index contributed by atoms with van der Waals surface area (Å²) in [4.78, 5) is 22.6. The molecule has 0 spiro atoms. The summed E-state index contributed by atoms with van der Waals surface area (Å²) in [5.41, 5.74) is 0.906. The highest BCUT2D eigenvalue weighted by molar-refractivity contribution is 7.13. The van der Waals surface area contributed by atoms with E-state index in [0.29, 0.717) is 12.6 Å². The molecule has 2 amide bonds. The van der Waals surface area contributed by atoms with Crippen LogP contribution in [0.5, 0.6) is 0 Å². The first kappa shape index (κ1) is 15.1. The Morgan fingerprint density at radius 2 is 2.30 bits per heavy atom. The molecule has 1 N–H and O–H groups in total. The molecule has 0 radical (unpaired) electrons. The Kier molecular flexibility index (Phi) is 4.82. The molecule has 1 saturated heterocycles. The van der Waals surface area contributed by atoms with E-state index in [0.717, 1.165) is 30.3 Å². The van der Waals surface area contributed by atoms with Gasteiger partial charge in [-0.2, -0.15) is 0 Å². The summed E-state index contributed by atoms with van der Waals surface area (Å²) >= 11 is 1.59. The van der Waals surface area contributed by atoms with Crippen LogP contribution < -0.4 is 10.2 Å². The number of likely N-dealkylation sites (N-methyl/N-ethyl adjacent to an activating group) is 2. The van der Waals surface area contributed by atoms with Crippen molar-refractivity contribution in [2.45, 2.75) is 19.0 Å². The number of nitrogens with zero attached hydrogens (tertiary/aromatic N) is 4. The molecule has 20 heavy (non-hydrogen) atoms. The van der Waals surface area contributed by atoms with Gasteiger partial charge in [0.05, 0.1) is 12.2 Å². The van der Waals surface area contributed by atoms with Crippen molar-refractivity contribution in [3.05, 3.63) is 11.1 Å². The molecular formula is C13H23N5OS. The molecule has 1 atom stereocenters. The van der Waals surface area contributed by atoms with Crippen molar-refractivity contribution in [2.24, 2.45) is 0 Å². The minimum atomic E-state index is -0.0234. The Morgan fingerprint density at radius 1 is 1.55 bits per heavy atom. The second-order valence-electron chi connectivity index (χ2n) is 5.49. The average Bonchev–Trinajstić information content (AvgIpc) is 3.03. The maximum Gasteiger partial charge on any atom is 0.317 e. The lowest BCUT2D eigenvalue weighted by atomic mass is 10.2. The van der Waals surface area contributed by atoms with E-state index in [1.165, 1.54) is 0 Å². The van der Waals surface area contributed by atoms with Gasteiger partial charge in [-0.05, 0) is 20.0 Å². The maximum atomic E-state index is 12.1. The number of rotatable bonds is 4. The monoisotopic (exact) mass is 297 g/mol. The van der Waals surface area contributed by atoms with E-state index in [1.54, 1.807) is 11.3 Å². The Labute approximate surface area is 124 Å². The highest BCUT2D eigenvalue weighted by Crippen LogP contribution is 2.18. The molecule has 1 aromatic heterocycles. The summed E-state index contributed by atoms with van der Waals surface area (Å²) in [5.74, 6) is 0. The maximum absolute atomic E-state index is 12.1. The third-order valence-corrected chi connectivity index (χ3v) is 4.63. The molecule has 1 fully saturated rings. The second kappa shape index (κ2) is 6.41. The van der Waals surface area contributed by atoms with E-state index >= 15 is 0 Å². The zero-order valence-electron chi connectivity index (χ0n) is 12.6. The van der Waals surface area contributed by atoms with Crippen LogP contribution >= 0.6 is 11.3 Å². The number of amides is 2. The molecule has 7 heteroatoms. The number of anilines is 1. The predicted molar refractivity (Wildman–Crippen MR) is 82.3 cm³/mol. The van der Waals surface area contributed by atoms with Crippen LogP contribution in [0.1, 0.15) is 12.1 Å². The van der Waals surface area contributed by atoms with E-state index in [-0.39, 0.29) is 6.03 Å². The summed E-state index contributed by atoms with van der Waals surface area (Å²) in [5, 5.41) is 5.88. The SMILES string of the molecule is CN1CC[C@@H](N(C)C(=O)NCc2csc(N(C)C)n2)C1. The molecule has 0 saturated carbocycles. The first-order valence-corrected chi connectivity index (χ1v) is 7.66. The topological polar surface area (TPSA) is 51.7 Å². The summed E-state index contributed by atoms with van der Waals surface area (Å²) in [6.07, 6.45) is 1.04. The first-order chi connectivity index (χ1) is 9.47. The van der Waals surface area contributed by atoms with Gasteiger partial charge in [0.15, 0.2) is 5.13 Å². The van der Waals surface area contributed by atoms with Gasteiger partial charge in [-0.3, -0.25) is 0 Å². The van der Waals surface area contributed by atoms with E-state index < -0.39 is 0 Å². The van der Waals surface area contributed by atoms with Crippen LogP contribution in [-0.4, -0.2) is 68.1 Å².